The van der Waals surface area contributed by atoms with E-state index in [1.165, 1.54) is 23.4 Å². The normalized spacial score (nSPS) is 17.4. The maximum absolute atomic E-state index is 13.2. The minimum atomic E-state index is -0.684. The summed E-state index contributed by atoms with van der Waals surface area (Å²) < 4.78 is 17.3. The highest BCUT2D eigenvalue weighted by molar-refractivity contribution is 5.77. The Kier molecular flexibility index (Phi) is 9.57. The molecule has 2 saturated heterocycles. The summed E-state index contributed by atoms with van der Waals surface area (Å²) in [5.41, 5.74) is 14.4. The van der Waals surface area contributed by atoms with E-state index in [4.69, 9.17) is 25.7 Å². The van der Waals surface area contributed by atoms with Crippen LogP contribution in [0.5, 0.6) is 6.01 Å². The van der Waals surface area contributed by atoms with Crippen LogP contribution in [0.2, 0.25) is 0 Å². The van der Waals surface area contributed by atoms with Crippen LogP contribution in [0.1, 0.15) is 64.5 Å². The average molecular weight is 556 g/mol. The Morgan fingerprint density at radius 1 is 1.15 bits per heavy atom. The van der Waals surface area contributed by atoms with Crippen LogP contribution in [0.15, 0.2) is 24.3 Å². The van der Waals surface area contributed by atoms with Gasteiger partial charge in [-0.25, -0.2) is 9.80 Å². The van der Waals surface area contributed by atoms with E-state index in [0.717, 1.165) is 38.0 Å². The number of carbonyl (C=O) groups is 1. The van der Waals surface area contributed by atoms with Gasteiger partial charge in [0.15, 0.2) is 11.6 Å². The van der Waals surface area contributed by atoms with Gasteiger partial charge in [0.1, 0.15) is 17.4 Å². The molecule has 40 heavy (non-hydrogen) atoms. The molecule has 0 bridgehead atoms. The molecule has 0 saturated carbocycles. The van der Waals surface area contributed by atoms with Crippen molar-refractivity contribution in [1.29, 1.82) is 0 Å². The van der Waals surface area contributed by atoms with Crippen LogP contribution in [-0.4, -0.2) is 71.0 Å². The van der Waals surface area contributed by atoms with Gasteiger partial charge in [0.05, 0.1) is 6.54 Å². The van der Waals surface area contributed by atoms with Crippen LogP contribution in [0.3, 0.4) is 0 Å². The van der Waals surface area contributed by atoms with Crippen molar-refractivity contribution in [2.75, 3.05) is 49.8 Å². The van der Waals surface area contributed by atoms with E-state index in [-0.39, 0.29) is 29.4 Å². The summed E-state index contributed by atoms with van der Waals surface area (Å²) >= 11 is 0. The van der Waals surface area contributed by atoms with Crippen molar-refractivity contribution >= 4 is 23.4 Å². The van der Waals surface area contributed by atoms with Gasteiger partial charge < -0.3 is 25.7 Å². The van der Waals surface area contributed by atoms with E-state index in [0.29, 0.717) is 25.7 Å². The number of likely N-dealkylation sites (tertiary alicyclic amines) is 1. The first-order chi connectivity index (χ1) is 19.0. The van der Waals surface area contributed by atoms with Crippen molar-refractivity contribution in [2.24, 2.45) is 5.92 Å². The quantitative estimate of drug-likeness (QED) is 0.433. The molecule has 1 aromatic heterocycles. The molecule has 11 heteroatoms. The third kappa shape index (κ3) is 7.88. The number of aromatic nitrogens is 2. The molecular weight excluding hydrogens is 510 g/mol. The first-order valence-corrected chi connectivity index (χ1v) is 14.2. The van der Waals surface area contributed by atoms with Crippen LogP contribution in [0, 0.1) is 5.92 Å². The smallest absolute Gasteiger partial charge is 0.429 e. The van der Waals surface area contributed by atoms with Crippen molar-refractivity contribution in [3.63, 3.8) is 0 Å². The molecule has 1 aromatic carbocycles. The molecule has 2 fully saturated rings. The van der Waals surface area contributed by atoms with Crippen molar-refractivity contribution < 1.29 is 19.0 Å². The second kappa shape index (κ2) is 12.9. The highest BCUT2D eigenvalue weighted by Crippen LogP contribution is 2.32. The van der Waals surface area contributed by atoms with Crippen LogP contribution in [-0.2, 0) is 22.6 Å². The van der Waals surface area contributed by atoms with Gasteiger partial charge in [0.25, 0.3) is 0 Å². The Labute approximate surface area is 237 Å². The maximum Gasteiger partial charge on any atom is 0.429 e. The largest absolute Gasteiger partial charge is 0.460 e. The molecule has 220 valence electrons. The molecule has 1 amide bonds. The predicted octanol–water partition coefficient (Wildman–Crippen LogP) is 4.22. The molecule has 0 spiro atoms. The standard InChI is InChI=1S/C29H45N7O4/c1-20(23-11-15-38-16-12-23)39-27-32-25(31)24(30)26(33-27)36(34(5)28(37)40-29(2,3)4)19-22-10-8-9-21(17-22)18-35-13-6-7-14-35/h8-10,17,20,23H,6-7,11-16,18-19,30H2,1-5H3,(H2,31,32,33). The van der Waals surface area contributed by atoms with E-state index in [9.17, 15) is 4.79 Å². The molecule has 4 N–H and O–H groups in total. The Morgan fingerprint density at radius 2 is 1.82 bits per heavy atom. The van der Waals surface area contributed by atoms with Gasteiger partial charge in [-0.05, 0) is 77.6 Å². The van der Waals surface area contributed by atoms with E-state index >= 15 is 0 Å². The SMILES string of the molecule is CC(Oc1nc(N)c(N)c(N(Cc2cccc(CN3CCCC3)c2)N(C)C(=O)OC(C)(C)C)n1)C1CCOCC1. The Balaban J connectivity index is 1.64. The van der Waals surface area contributed by atoms with Gasteiger partial charge in [0.2, 0.25) is 0 Å². The van der Waals surface area contributed by atoms with Crippen molar-refractivity contribution in [2.45, 2.75) is 78.2 Å². The Morgan fingerprint density at radius 3 is 2.50 bits per heavy atom. The van der Waals surface area contributed by atoms with Crippen LogP contribution >= 0.6 is 0 Å². The summed E-state index contributed by atoms with van der Waals surface area (Å²) in [6.45, 7) is 12.3. The first-order valence-electron chi connectivity index (χ1n) is 14.2. The number of anilines is 3. The average Bonchev–Trinajstić information content (AvgIpc) is 3.42. The number of nitrogens with two attached hydrogens (primary N) is 2. The fourth-order valence-electron chi connectivity index (χ4n) is 5.10. The third-order valence-corrected chi connectivity index (χ3v) is 7.35. The molecule has 4 rings (SSSR count). The first kappa shape index (κ1) is 29.7. The topological polar surface area (TPSA) is 132 Å². The summed E-state index contributed by atoms with van der Waals surface area (Å²) in [7, 11) is 1.63. The van der Waals surface area contributed by atoms with Crippen molar-refractivity contribution in [1.82, 2.24) is 19.9 Å². The molecule has 1 atom stereocenters. The Bertz CT molecular complexity index is 1140. The molecule has 0 aliphatic carbocycles. The molecule has 1 unspecified atom stereocenters. The summed E-state index contributed by atoms with van der Waals surface area (Å²) in [6, 6.07) is 8.46. The number of nitrogen functional groups attached to an aromatic ring is 2. The van der Waals surface area contributed by atoms with E-state index in [1.54, 1.807) is 12.1 Å². The lowest BCUT2D eigenvalue weighted by Gasteiger charge is -2.35. The molecular formula is C29H45N7O4. The van der Waals surface area contributed by atoms with Gasteiger partial charge in [-0.3, -0.25) is 9.91 Å². The number of rotatable bonds is 9. The molecule has 3 heterocycles. The van der Waals surface area contributed by atoms with Gasteiger partial charge in [-0.2, -0.15) is 9.97 Å². The van der Waals surface area contributed by atoms with Crippen LogP contribution in [0.4, 0.5) is 22.1 Å². The summed E-state index contributed by atoms with van der Waals surface area (Å²) in [5.74, 6) is 0.683. The van der Waals surface area contributed by atoms with Gasteiger partial charge in [-0.15, -0.1) is 0 Å². The van der Waals surface area contributed by atoms with E-state index in [1.807, 2.05) is 39.8 Å². The molecule has 2 aliphatic heterocycles. The zero-order valence-corrected chi connectivity index (χ0v) is 24.6. The number of ether oxygens (including phenoxy) is 3. The number of benzene rings is 1. The highest BCUT2D eigenvalue weighted by Gasteiger charge is 2.29. The summed E-state index contributed by atoms with van der Waals surface area (Å²) in [5, 5.41) is 3.05. The lowest BCUT2D eigenvalue weighted by atomic mass is 9.95. The van der Waals surface area contributed by atoms with Crippen molar-refractivity contribution in [3.05, 3.63) is 35.4 Å². The lowest BCUT2D eigenvalue weighted by Crippen LogP contribution is -2.46. The second-order valence-electron chi connectivity index (χ2n) is 11.8. The fraction of sp³-hybridized carbons (Fsp3) is 0.621. The minimum Gasteiger partial charge on any atom is -0.460 e. The van der Waals surface area contributed by atoms with E-state index < -0.39 is 11.7 Å². The number of nitrogens with zero attached hydrogens (tertiary/aromatic N) is 5. The minimum absolute atomic E-state index is 0.0875. The zero-order chi connectivity index (χ0) is 28.9. The Hall–Kier alpha value is -3.31. The van der Waals surface area contributed by atoms with Crippen LogP contribution in [0.25, 0.3) is 0 Å². The molecule has 2 aliphatic rings. The van der Waals surface area contributed by atoms with Gasteiger partial charge >= 0.3 is 12.1 Å². The number of hydrogen-bond acceptors (Lipinski definition) is 10. The second-order valence-corrected chi connectivity index (χ2v) is 11.8. The zero-order valence-electron chi connectivity index (χ0n) is 24.6. The third-order valence-electron chi connectivity index (χ3n) is 7.35. The predicted molar refractivity (Wildman–Crippen MR) is 156 cm³/mol. The van der Waals surface area contributed by atoms with Gasteiger partial charge in [-0.1, -0.05) is 24.3 Å². The fourth-order valence-corrected chi connectivity index (χ4v) is 5.10. The van der Waals surface area contributed by atoms with Crippen molar-refractivity contribution in [3.8, 4) is 6.01 Å². The highest BCUT2D eigenvalue weighted by atomic mass is 16.6. The summed E-state index contributed by atoms with van der Waals surface area (Å²) in [4.78, 5) is 24.7. The number of carbonyl (C=O) groups excluding carboxylic acids is 1. The summed E-state index contributed by atoms with van der Waals surface area (Å²) in [6.07, 6.45) is 3.59. The maximum atomic E-state index is 13.2. The monoisotopic (exact) mass is 555 g/mol. The molecule has 0 radical (unpaired) electrons. The number of hydrogen-bond donors (Lipinski definition) is 2. The molecule has 11 nitrogen and oxygen atoms in total. The van der Waals surface area contributed by atoms with E-state index in [2.05, 4.69) is 27.0 Å². The number of hydrazine groups is 1. The van der Waals surface area contributed by atoms with Crippen LogP contribution < -0.4 is 21.2 Å². The lowest BCUT2D eigenvalue weighted by molar-refractivity contribution is 0.0209. The number of amides is 1. The molecule has 2 aromatic rings. The van der Waals surface area contributed by atoms with Gasteiger partial charge in [0, 0.05) is 32.7 Å².